The number of benzene rings is 2. The summed E-state index contributed by atoms with van der Waals surface area (Å²) in [5, 5.41) is 14.7. The van der Waals surface area contributed by atoms with E-state index in [0.717, 1.165) is 49.1 Å². The fourth-order valence-electron chi connectivity index (χ4n) is 8.56. The third-order valence-corrected chi connectivity index (χ3v) is 11.2. The molecule has 0 bridgehead atoms. The monoisotopic (exact) mass is 630 g/mol. The summed E-state index contributed by atoms with van der Waals surface area (Å²) in [6.45, 7) is 7.08. The SMILES string of the molecule is COC(=O)C1(Nc2cccc(Cl)c2)CCC2(CC1)c1cc([C@@H](C)O)ccc1C[C@@H]2C[C@@H](C)COc1ccnc2c1[C@H](C)CCC2. The summed E-state index contributed by atoms with van der Waals surface area (Å²) in [6, 6.07) is 16.1. The van der Waals surface area contributed by atoms with E-state index in [2.05, 4.69) is 42.3 Å². The first-order chi connectivity index (χ1) is 21.6. The summed E-state index contributed by atoms with van der Waals surface area (Å²) < 4.78 is 11.9. The molecule has 0 aliphatic heterocycles. The molecule has 2 aromatic carbocycles. The highest BCUT2D eigenvalue weighted by Gasteiger charge is 2.54. The summed E-state index contributed by atoms with van der Waals surface area (Å²) in [5.74, 6) is 1.99. The highest BCUT2D eigenvalue weighted by Crippen LogP contribution is 2.56. The van der Waals surface area contributed by atoms with E-state index >= 15 is 0 Å². The van der Waals surface area contributed by atoms with Crippen molar-refractivity contribution in [3.63, 3.8) is 0 Å². The molecule has 1 spiro atoms. The molecular formula is C38H47ClN2O4. The Labute approximate surface area is 272 Å². The van der Waals surface area contributed by atoms with Crippen LogP contribution in [0.3, 0.4) is 0 Å². The first-order valence-electron chi connectivity index (χ1n) is 16.7. The summed E-state index contributed by atoms with van der Waals surface area (Å²) in [6.07, 6.45) is 9.77. The standard InChI is InChI=1S/C38H47ClN2O4/c1-24(23-45-34-13-18-40-33-10-5-7-25(2)35(33)34)19-29-20-28-12-11-27(26(3)42)21-32(28)37(29)14-16-38(17-15-37,36(43)44-4)41-31-9-6-8-30(39)22-31/h6,8-9,11-13,18,21-22,24-26,29,41-42H,5,7,10,14-17,19-20,23H2,1-4H3/t24-,25-,26-,29+,37?,38?/m1/s1. The maximum atomic E-state index is 13.4. The highest BCUT2D eigenvalue weighted by atomic mass is 35.5. The lowest BCUT2D eigenvalue weighted by Crippen LogP contribution is -2.53. The van der Waals surface area contributed by atoms with Crippen LogP contribution in [0.4, 0.5) is 5.69 Å². The summed E-state index contributed by atoms with van der Waals surface area (Å²) >= 11 is 6.30. The van der Waals surface area contributed by atoms with E-state index in [0.29, 0.717) is 42.2 Å². The van der Waals surface area contributed by atoms with Crippen LogP contribution < -0.4 is 10.1 Å². The maximum Gasteiger partial charge on any atom is 0.331 e. The molecule has 4 atom stereocenters. The third-order valence-electron chi connectivity index (χ3n) is 11.0. The number of hydrogen-bond donors (Lipinski definition) is 2. The average molecular weight is 631 g/mol. The Kier molecular flexibility index (Phi) is 9.18. The van der Waals surface area contributed by atoms with Crippen molar-refractivity contribution in [3.05, 3.63) is 87.7 Å². The number of methoxy groups -OCH3 is 1. The van der Waals surface area contributed by atoms with Gasteiger partial charge in [0.1, 0.15) is 11.3 Å². The van der Waals surface area contributed by atoms with Crippen molar-refractivity contribution in [2.45, 2.75) is 102 Å². The molecule has 0 saturated heterocycles. The Hall–Kier alpha value is -3.09. The number of anilines is 1. The van der Waals surface area contributed by atoms with Crippen molar-refractivity contribution in [2.75, 3.05) is 19.0 Å². The molecule has 3 aliphatic carbocycles. The zero-order valence-corrected chi connectivity index (χ0v) is 27.8. The van der Waals surface area contributed by atoms with Gasteiger partial charge in [-0.25, -0.2) is 4.79 Å². The van der Waals surface area contributed by atoms with Crippen LogP contribution in [-0.4, -0.2) is 35.3 Å². The minimum atomic E-state index is -0.828. The maximum absolute atomic E-state index is 13.4. The number of fused-ring (bicyclic) bond motifs is 3. The minimum Gasteiger partial charge on any atom is -0.493 e. The lowest BCUT2D eigenvalue weighted by Gasteiger charge is -2.48. The van der Waals surface area contributed by atoms with Gasteiger partial charge in [0.05, 0.1) is 19.8 Å². The Morgan fingerprint density at radius 2 is 1.93 bits per heavy atom. The molecule has 7 heteroatoms. The largest absolute Gasteiger partial charge is 0.493 e. The van der Waals surface area contributed by atoms with Gasteiger partial charge in [0.2, 0.25) is 0 Å². The second kappa shape index (κ2) is 13.0. The third kappa shape index (κ3) is 6.20. The van der Waals surface area contributed by atoms with Gasteiger partial charge in [-0.2, -0.15) is 0 Å². The Morgan fingerprint density at radius 1 is 1.13 bits per heavy atom. The molecule has 1 saturated carbocycles. The van der Waals surface area contributed by atoms with Crippen LogP contribution in [-0.2, 0) is 27.8 Å². The molecule has 45 heavy (non-hydrogen) atoms. The number of aryl methyl sites for hydroxylation is 1. The summed E-state index contributed by atoms with van der Waals surface area (Å²) in [5.41, 5.74) is 6.05. The number of aliphatic hydroxyl groups is 1. The number of halogens is 1. The topological polar surface area (TPSA) is 80.7 Å². The van der Waals surface area contributed by atoms with Gasteiger partial charge in [0.15, 0.2) is 0 Å². The molecule has 0 unspecified atom stereocenters. The molecule has 240 valence electrons. The fourth-order valence-corrected chi connectivity index (χ4v) is 8.75. The number of hydrogen-bond acceptors (Lipinski definition) is 6. The van der Waals surface area contributed by atoms with Crippen LogP contribution in [0, 0.1) is 11.8 Å². The van der Waals surface area contributed by atoms with Gasteiger partial charge < -0.3 is 19.9 Å². The van der Waals surface area contributed by atoms with E-state index in [1.165, 1.54) is 42.3 Å². The number of carbonyl (C=O) groups excluding carboxylic acids is 1. The Bertz CT molecular complexity index is 1530. The van der Waals surface area contributed by atoms with Crippen LogP contribution in [0.2, 0.25) is 5.02 Å². The first-order valence-corrected chi connectivity index (χ1v) is 17.1. The number of nitrogens with one attached hydrogen (secondary N) is 1. The van der Waals surface area contributed by atoms with Crippen LogP contribution in [0.5, 0.6) is 5.75 Å². The van der Waals surface area contributed by atoms with Crippen molar-refractivity contribution < 1.29 is 19.4 Å². The number of nitrogens with zero attached hydrogens (tertiary/aromatic N) is 1. The van der Waals surface area contributed by atoms with Crippen molar-refractivity contribution in [1.82, 2.24) is 4.98 Å². The van der Waals surface area contributed by atoms with Crippen LogP contribution in [0.25, 0.3) is 0 Å². The van der Waals surface area contributed by atoms with Gasteiger partial charge in [0, 0.05) is 28.2 Å². The van der Waals surface area contributed by atoms with Gasteiger partial charge >= 0.3 is 5.97 Å². The normalized spacial score (nSPS) is 26.9. The fraction of sp³-hybridized carbons (Fsp3) is 0.526. The Balaban J connectivity index is 1.25. The van der Waals surface area contributed by atoms with Gasteiger partial charge in [-0.3, -0.25) is 4.98 Å². The number of pyridine rings is 1. The van der Waals surface area contributed by atoms with Crippen LogP contribution in [0.15, 0.2) is 54.7 Å². The molecule has 6 rings (SSSR count). The lowest BCUT2D eigenvalue weighted by atomic mass is 9.59. The number of ether oxygens (including phenoxy) is 2. The van der Waals surface area contributed by atoms with Gasteiger partial charge in [-0.1, -0.05) is 49.7 Å². The van der Waals surface area contributed by atoms with Crippen molar-refractivity contribution in [3.8, 4) is 5.75 Å². The van der Waals surface area contributed by atoms with Crippen molar-refractivity contribution in [1.29, 1.82) is 0 Å². The molecule has 3 aromatic rings. The number of esters is 1. The van der Waals surface area contributed by atoms with E-state index in [-0.39, 0.29) is 11.4 Å². The molecule has 1 aromatic heterocycles. The first kappa shape index (κ1) is 31.9. The predicted molar refractivity (Wildman–Crippen MR) is 179 cm³/mol. The van der Waals surface area contributed by atoms with E-state index in [9.17, 15) is 9.90 Å². The van der Waals surface area contributed by atoms with E-state index in [1.807, 2.05) is 43.5 Å². The van der Waals surface area contributed by atoms with Gasteiger partial charge in [-0.15, -0.1) is 0 Å². The number of aliphatic hydroxyl groups excluding tert-OH is 1. The molecule has 0 radical (unpaired) electrons. The van der Waals surface area contributed by atoms with E-state index < -0.39 is 11.6 Å². The van der Waals surface area contributed by atoms with Crippen LogP contribution in [0.1, 0.15) is 106 Å². The Morgan fingerprint density at radius 3 is 2.67 bits per heavy atom. The predicted octanol–water partition coefficient (Wildman–Crippen LogP) is 8.34. The number of carbonyl (C=O) groups is 1. The van der Waals surface area contributed by atoms with Crippen molar-refractivity contribution in [2.24, 2.45) is 11.8 Å². The lowest BCUT2D eigenvalue weighted by molar-refractivity contribution is -0.148. The zero-order chi connectivity index (χ0) is 31.8. The molecule has 2 N–H and O–H groups in total. The molecule has 6 nitrogen and oxygen atoms in total. The smallest absolute Gasteiger partial charge is 0.331 e. The molecule has 0 amide bonds. The summed E-state index contributed by atoms with van der Waals surface area (Å²) in [4.78, 5) is 18.1. The van der Waals surface area contributed by atoms with Crippen molar-refractivity contribution >= 4 is 23.3 Å². The summed E-state index contributed by atoms with van der Waals surface area (Å²) in [7, 11) is 1.47. The zero-order valence-electron chi connectivity index (χ0n) is 27.1. The molecule has 3 aliphatic rings. The van der Waals surface area contributed by atoms with Crippen LogP contribution >= 0.6 is 11.6 Å². The molecule has 1 fully saturated rings. The van der Waals surface area contributed by atoms with Gasteiger partial charge in [0.25, 0.3) is 0 Å². The minimum absolute atomic E-state index is 0.0909. The van der Waals surface area contributed by atoms with Gasteiger partial charge in [-0.05, 0) is 129 Å². The quantitative estimate of drug-likeness (QED) is 0.231. The second-order valence-corrected chi connectivity index (χ2v) is 14.4. The second-order valence-electron chi connectivity index (χ2n) is 14.0. The average Bonchev–Trinajstić information content (AvgIpc) is 3.32. The number of rotatable bonds is 9. The molecule has 1 heterocycles. The molecular weight excluding hydrogens is 584 g/mol. The number of aromatic nitrogens is 1. The van der Waals surface area contributed by atoms with E-state index in [1.54, 1.807) is 0 Å². The van der Waals surface area contributed by atoms with E-state index in [4.69, 9.17) is 21.1 Å². The highest BCUT2D eigenvalue weighted by molar-refractivity contribution is 6.30.